The van der Waals surface area contributed by atoms with E-state index in [1.54, 1.807) is 0 Å². The lowest BCUT2D eigenvalue weighted by atomic mass is 10.1. The van der Waals surface area contributed by atoms with Crippen molar-refractivity contribution in [1.82, 2.24) is 9.55 Å². The van der Waals surface area contributed by atoms with Gasteiger partial charge in [-0.15, -0.1) is 0 Å². The van der Waals surface area contributed by atoms with E-state index in [-0.39, 0.29) is 0 Å². The van der Waals surface area contributed by atoms with Crippen LogP contribution in [0.4, 0.5) is 14.6 Å². The molecule has 0 spiro atoms. The molecule has 10 heteroatoms. The monoisotopic (exact) mass is 279 g/mol. The second kappa shape index (κ2) is 4.40. The van der Waals surface area contributed by atoms with Crippen LogP contribution in [0.15, 0.2) is 11.0 Å². The Bertz CT molecular complexity index is 549. The molecule has 106 valence electrons. The molecule has 0 bridgehead atoms. The molecule has 1 aliphatic heterocycles. The van der Waals surface area contributed by atoms with Crippen molar-refractivity contribution < 1.29 is 28.8 Å². The van der Waals surface area contributed by atoms with Crippen LogP contribution in [0.25, 0.3) is 0 Å². The van der Waals surface area contributed by atoms with E-state index in [1.165, 1.54) is 0 Å². The van der Waals surface area contributed by atoms with E-state index < -0.39 is 48.2 Å². The topological polar surface area (TPSA) is 131 Å². The van der Waals surface area contributed by atoms with Crippen molar-refractivity contribution in [2.45, 2.75) is 24.4 Å². The second-order valence-electron chi connectivity index (χ2n) is 4.03. The summed E-state index contributed by atoms with van der Waals surface area (Å²) in [4.78, 5) is 14.6. The largest absolute Gasteiger partial charge is 0.503 e. The van der Waals surface area contributed by atoms with Gasteiger partial charge in [0, 0.05) is 0 Å². The predicted molar refractivity (Wildman–Crippen MR) is 56.5 cm³/mol. The Kier molecular flexibility index (Phi) is 3.16. The van der Waals surface area contributed by atoms with Crippen molar-refractivity contribution in [3.63, 3.8) is 0 Å². The molecule has 5 N–H and O–H groups in total. The molecule has 2 heterocycles. The maximum Gasteiger partial charge on any atom is 0.352 e. The van der Waals surface area contributed by atoms with Gasteiger partial charge in [-0.3, -0.25) is 4.57 Å². The zero-order valence-electron chi connectivity index (χ0n) is 9.40. The highest BCUT2D eigenvalue weighted by atomic mass is 19.3. The first-order valence-electron chi connectivity index (χ1n) is 5.19. The highest BCUT2D eigenvalue weighted by molar-refractivity contribution is 5.41. The lowest BCUT2D eigenvalue weighted by Gasteiger charge is -2.21. The third-order valence-electron chi connectivity index (χ3n) is 2.77. The smallest absolute Gasteiger partial charge is 0.352 e. The van der Waals surface area contributed by atoms with Gasteiger partial charge >= 0.3 is 11.6 Å². The Morgan fingerprint density at radius 3 is 2.74 bits per heavy atom. The molecular weight excluding hydrogens is 268 g/mol. The van der Waals surface area contributed by atoms with Crippen LogP contribution in [0.1, 0.15) is 6.23 Å². The molecule has 0 saturated carbocycles. The van der Waals surface area contributed by atoms with E-state index in [0.717, 1.165) is 0 Å². The summed E-state index contributed by atoms with van der Waals surface area (Å²) in [5.41, 5.74) is 3.97. The first kappa shape index (κ1) is 13.6. The number of aliphatic hydroxyl groups excluding tert-OH is 2. The fraction of sp³-hybridized carbons (Fsp3) is 0.556. The van der Waals surface area contributed by atoms with Gasteiger partial charge in [-0.2, -0.15) is 13.8 Å². The zero-order chi connectivity index (χ0) is 14.4. The van der Waals surface area contributed by atoms with Crippen LogP contribution in [0.3, 0.4) is 0 Å². The molecule has 0 aliphatic carbocycles. The van der Waals surface area contributed by atoms with Gasteiger partial charge in [0.05, 0.1) is 12.8 Å². The predicted octanol–water partition coefficient (Wildman–Crippen LogP) is -1.58. The third-order valence-corrected chi connectivity index (χ3v) is 2.77. The summed E-state index contributed by atoms with van der Waals surface area (Å²) in [5.74, 6) is -5.02. The molecule has 1 fully saturated rings. The number of rotatable bonds is 2. The summed E-state index contributed by atoms with van der Waals surface area (Å²) < 4.78 is 32.5. The van der Waals surface area contributed by atoms with Crippen molar-refractivity contribution in [1.29, 1.82) is 0 Å². The summed E-state index contributed by atoms with van der Waals surface area (Å²) >= 11 is 0. The molecule has 0 aromatic carbocycles. The number of anilines is 1. The maximum absolute atomic E-state index is 13.8. The van der Waals surface area contributed by atoms with E-state index in [1.807, 2.05) is 0 Å². The Hall–Kier alpha value is -1.78. The molecule has 1 aromatic rings. The van der Waals surface area contributed by atoms with Gasteiger partial charge in [-0.05, 0) is 0 Å². The molecule has 2 rings (SSSR count). The van der Waals surface area contributed by atoms with Gasteiger partial charge in [0.2, 0.25) is 6.23 Å². The van der Waals surface area contributed by atoms with Crippen LogP contribution in [0.5, 0.6) is 5.75 Å². The minimum Gasteiger partial charge on any atom is -0.503 e. The Balaban J connectivity index is 2.48. The van der Waals surface area contributed by atoms with Crippen molar-refractivity contribution >= 4 is 5.82 Å². The van der Waals surface area contributed by atoms with Gasteiger partial charge in [0.1, 0.15) is 6.10 Å². The first-order chi connectivity index (χ1) is 8.78. The minimum atomic E-state index is -3.83. The average Bonchev–Trinajstić information content (AvgIpc) is 2.56. The summed E-state index contributed by atoms with van der Waals surface area (Å²) in [6, 6.07) is 0. The summed E-state index contributed by atoms with van der Waals surface area (Å²) in [6.45, 7) is -0.851. The zero-order valence-corrected chi connectivity index (χ0v) is 9.40. The maximum atomic E-state index is 13.8. The summed E-state index contributed by atoms with van der Waals surface area (Å²) in [6.07, 6.45) is -5.39. The van der Waals surface area contributed by atoms with Crippen LogP contribution in [-0.4, -0.2) is 49.6 Å². The SMILES string of the molecule is Nc1nc(=O)n([C@@H]2O[C@H](CO)[C@@H](O)C2(F)F)cc1O. The van der Waals surface area contributed by atoms with Crippen molar-refractivity contribution in [3.8, 4) is 5.75 Å². The first-order valence-corrected chi connectivity index (χ1v) is 5.19. The van der Waals surface area contributed by atoms with Crippen LogP contribution in [0.2, 0.25) is 0 Å². The number of alkyl halides is 2. The number of aromatic hydroxyl groups is 1. The van der Waals surface area contributed by atoms with Gasteiger partial charge in [-0.1, -0.05) is 0 Å². The van der Waals surface area contributed by atoms with E-state index in [9.17, 15) is 23.8 Å². The number of halogens is 2. The molecule has 0 amide bonds. The Labute approximate surface area is 104 Å². The number of aromatic nitrogens is 2. The van der Waals surface area contributed by atoms with Gasteiger partial charge in [0.25, 0.3) is 0 Å². The van der Waals surface area contributed by atoms with Crippen LogP contribution < -0.4 is 11.4 Å². The van der Waals surface area contributed by atoms with E-state index in [4.69, 9.17) is 15.6 Å². The van der Waals surface area contributed by atoms with Crippen LogP contribution in [0, 0.1) is 0 Å². The third kappa shape index (κ3) is 2.03. The van der Waals surface area contributed by atoms with E-state index in [2.05, 4.69) is 4.98 Å². The molecule has 1 aliphatic rings. The van der Waals surface area contributed by atoms with E-state index in [0.29, 0.717) is 10.8 Å². The van der Waals surface area contributed by atoms with Crippen molar-refractivity contribution in [3.05, 3.63) is 16.7 Å². The Morgan fingerprint density at radius 2 is 2.21 bits per heavy atom. The fourth-order valence-electron chi connectivity index (χ4n) is 1.76. The van der Waals surface area contributed by atoms with E-state index >= 15 is 0 Å². The highest BCUT2D eigenvalue weighted by Gasteiger charge is 2.59. The lowest BCUT2D eigenvalue weighted by Crippen LogP contribution is -2.41. The van der Waals surface area contributed by atoms with Gasteiger partial charge in [0.15, 0.2) is 17.7 Å². The highest BCUT2D eigenvalue weighted by Crippen LogP contribution is 2.42. The molecule has 0 unspecified atom stereocenters. The van der Waals surface area contributed by atoms with Crippen molar-refractivity contribution in [2.24, 2.45) is 0 Å². The average molecular weight is 279 g/mol. The number of nitrogens with two attached hydrogens (primary N) is 1. The van der Waals surface area contributed by atoms with Crippen LogP contribution in [-0.2, 0) is 4.74 Å². The molecule has 8 nitrogen and oxygen atoms in total. The quantitative estimate of drug-likeness (QED) is 0.513. The fourth-order valence-corrected chi connectivity index (χ4v) is 1.76. The van der Waals surface area contributed by atoms with Crippen LogP contribution >= 0.6 is 0 Å². The standard InChI is InChI=1S/C9H11F2N3O5/c10-9(11)5(17)4(2-15)19-7(9)14-1-3(16)6(12)13-8(14)18/h1,4-5,7,15-17H,2H2,(H2,12,13,18)/t4-,5-,7-/m1/s1. The Morgan fingerprint density at radius 1 is 1.58 bits per heavy atom. The number of hydrogen-bond acceptors (Lipinski definition) is 7. The molecule has 1 aromatic heterocycles. The number of nitrogens with zero attached hydrogens (tertiary/aromatic N) is 2. The number of nitrogen functional groups attached to an aromatic ring is 1. The number of aliphatic hydroxyl groups is 2. The molecule has 1 saturated heterocycles. The van der Waals surface area contributed by atoms with Gasteiger partial charge in [-0.25, -0.2) is 4.79 Å². The number of hydrogen-bond donors (Lipinski definition) is 4. The lowest BCUT2D eigenvalue weighted by molar-refractivity contribution is -0.141. The normalized spacial score (nSPS) is 29.6. The minimum absolute atomic E-state index is 0.310. The second-order valence-corrected chi connectivity index (χ2v) is 4.03. The number of ether oxygens (including phenoxy) is 1. The molecular formula is C9H11F2N3O5. The summed E-state index contributed by atoms with van der Waals surface area (Å²) in [5, 5.41) is 27.4. The summed E-state index contributed by atoms with van der Waals surface area (Å²) in [7, 11) is 0. The van der Waals surface area contributed by atoms with Crippen molar-refractivity contribution in [2.75, 3.05) is 12.3 Å². The van der Waals surface area contributed by atoms with Gasteiger partial charge < -0.3 is 25.8 Å². The molecule has 0 radical (unpaired) electrons. The molecule has 3 atom stereocenters. The molecule has 19 heavy (non-hydrogen) atoms.